The van der Waals surface area contributed by atoms with E-state index in [0.717, 1.165) is 12.5 Å². The highest BCUT2D eigenvalue weighted by Crippen LogP contribution is 2.16. The Morgan fingerprint density at radius 1 is 1.21 bits per heavy atom. The van der Waals surface area contributed by atoms with Crippen LogP contribution in [-0.4, -0.2) is 24.9 Å². The highest BCUT2D eigenvalue weighted by Gasteiger charge is 2.15. The number of halogens is 2. The van der Waals surface area contributed by atoms with Crippen molar-refractivity contribution in [1.29, 1.82) is 0 Å². The van der Waals surface area contributed by atoms with E-state index in [1.165, 1.54) is 0 Å². The molecule has 0 radical (unpaired) electrons. The van der Waals surface area contributed by atoms with Gasteiger partial charge in [-0.15, -0.1) is 0 Å². The van der Waals surface area contributed by atoms with E-state index < -0.39 is 23.1 Å². The number of nitrogen functional groups attached to an aromatic ring is 1. The molecule has 0 saturated carbocycles. The highest BCUT2D eigenvalue weighted by molar-refractivity contribution is 5.97. The number of nitrogens with two attached hydrogens (primary N) is 1. The number of amides is 2. The van der Waals surface area contributed by atoms with Crippen LogP contribution in [0.5, 0.6) is 0 Å². The zero-order valence-electron chi connectivity index (χ0n) is 10.4. The second-order valence-electron chi connectivity index (χ2n) is 3.89. The van der Waals surface area contributed by atoms with Crippen LogP contribution in [0.15, 0.2) is 12.1 Å². The van der Waals surface area contributed by atoms with Gasteiger partial charge in [0.1, 0.15) is 11.6 Å². The van der Waals surface area contributed by atoms with Gasteiger partial charge in [-0.05, 0) is 12.5 Å². The Morgan fingerprint density at radius 3 is 2.53 bits per heavy atom. The lowest BCUT2D eigenvalue weighted by molar-refractivity contribution is -0.120. The molecular formula is C12H15F2N3O2. The van der Waals surface area contributed by atoms with Crippen LogP contribution in [0.1, 0.15) is 23.7 Å². The van der Waals surface area contributed by atoms with Crippen molar-refractivity contribution < 1.29 is 18.4 Å². The van der Waals surface area contributed by atoms with E-state index in [1.807, 2.05) is 6.92 Å². The van der Waals surface area contributed by atoms with Crippen LogP contribution in [0.3, 0.4) is 0 Å². The van der Waals surface area contributed by atoms with Gasteiger partial charge < -0.3 is 16.4 Å². The van der Waals surface area contributed by atoms with Gasteiger partial charge in [0.2, 0.25) is 5.91 Å². The smallest absolute Gasteiger partial charge is 0.254 e. The molecule has 0 saturated heterocycles. The van der Waals surface area contributed by atoms with E-state index in [4.69, 9.17) is 5.73 Å². The maximum Gasteiger partial charge on any atom is 0.254 e. The number of benzene rings is 1. The van der Waals surface area contributed by atoms with Crippen LogP contribution < -0.4 is 16.4 Å². The summed E-state index contributed by atoms with van der Waals surface area (Å²) >= 11 is 0. The maximum atomic E-state index is 13.4. The molecule has 0 fully saturated rings. The van der Waals surface area contributed by atoms with Crippen molar-refractivity contribution in [2.45, 2.75) is 13.3 Å². The predicted octanol–water partition coefficient (Wildman–Crippen LogP) is 0.803. The molecule has 0 heterocycles. The van der Waals surface area contributed by atoms with Crippen molar-refractivity contribution in [1.82, 2.24) is 10.6 Å². The second kappa shape index (κ2) is 6.67. The molecule has 19 heavy (non-hydrogen) atoms. The zero-order chi connectivity index (χ0) is 14.4. The summed E-state index contributed by atoms with van der Waals surface area (Å²) in [6.45, 7) is 2.09. The summed E-state index contributed by atoms with van der Waals surface area (Å²) in [7, 11) is 0. The standard InChI is InChI=1S/C12H15F2N3O2/c1-2-3-16-11(18)6-17-12(19)7-4-10(15)9(14)5-8(7)13/h4-5H,2-3,6,15H2,1H3,(H,16,18)(H,17,19). The van der Waals surface area contributed by atoms with E-state index in [-0.39, 0.29) is 18.1 Å². The minimum Gasteiger partial charge on any atom is -0.396 e. The molecule has 0 aliphatic carbocycles. The third kappa shape index (κ3) is 4.20. The van der Waals surface area contributed by atoms with Crippen molar-refractivity contribution in [3.8, 4) is 0 Å². The average molecular weight is 271 g/mol. The van der Waals surface area contributed by atoms with Gasteiger partial charge in [0, 0.05) is 12.6 Å². The number of hydrogen-bond acceptors (Lipinski definition) is 3. The number of carbonyl (C=O) groups excluding carboxylic acids is 2. The number of hydrogen-bond donors (Lipinski definition) is 3. The van der Waals surface area contributed by atoms with Crippen LogP contribution >= 0.6 is 0 Å². The third-order valence-corrected chi connectivity index (χ3v) is 2.31. The molecule has 4 N–H and O–H groups in total. The van der Waals surface area contributed by atoms with Gasteiger partial charge in [-0.3, -0.25) is 9.59 Å². The molecule has 0 spiro atoms. The summed E-state index contributed by atoms with van der Waals surface area (Å²) in [6, 6.07) is 1.42. The fraction of sp³-hybridized carbons (Fsp3) is 0.333. The minimum atomic E-state index is -1.03. The summed E-state index contributed by atoms with van der Waals surface area (Å²) in [6.07, 6.45) is 0.767. The van der Waals surface area contributed by atoms with Gasteiger partial charge in [-0.25, -0.2) is 8.78 Å². The maximum absolute atomic E-state index is 13.4. The molecule has 1 aromatic carbocycles. The highest BCUT2D eigenvalue weighted by atomic mass is 19.1. The van der Waals surface area contributed by atoms with Gasteiger partial charge >= 0.3 is 0 Å². The van der Waals surface area contributed by atoms with Crippen molar-refractivity contribution in [2.24, 2.45) is 0 Å². The van der Waals surface area contributed by atoms with Crippen LogP contribution in [0.25, 0.3) is 0 Å². The number of anilines is 1. The Kier molecular flexibility index (Phi) is 5.23. The number of rotatable bonds is 5. The molecule has 104 valence electrons. The largest absolute Gasteiger partial charge is 0.396 e. The van der Waals surface area contributed by atoms with E-state index >= 15 is 0 Å². The Hall–Kier alpha value is -2.18. The first-order valence-electron chi connectivity index (χ1n) is 5.75. The molecule has 0 aliphatic heterocycles. The van der Waals surface area contributed by atoms with Crippen LogP contribution in [0.4, 0.5) is 14.5 Å². The Morgan fingerprint density at radius 2 is 1.89 bits per heavy atom. The fourth-order valence-electron chi connectivity index (χ4n) is 1.32. The van der Waals surface area contributed by atoms with Crippen LogP contribution in [0, 0.1) is 11.6 Å². The second-order valence-corrected chi connectivity index (χ2v) is 3.89. The Labute approximate surface area is 109 Å². The lowest BCUT2D eigenvalue weighted by atomic mass is 10.1. The van der Waals surface area contributed by atoms with E-state index in [9.17, 15) is 18.4 Å². The fourth-order valence-corrected chi connectivity index (χ4v) is 1.32. The topological polar surface area (TPSA) is 84.2 Å². The quantitative estimate of drug-likeness (QED) is 0.693. The van der Waals surface area contributed by atoms with Gasteiger partial charge in [0.15, 0.2) is 0 Å². The van der Waals surface area contributed by atoms with Crippen molar-refractivity contribution >= 4 is 17.5 Å². The van der Waals surface area contributed by atoms with Crippen molar-refractivity contribution in [3.05, 3.63) is 29.3 Å². The average Bonchev–Trinajstić information content (AvgIpc) is 2.37. The SMILES string of the molecule is CCCNC(=O)CNC(=O)c1cc(N)c(F)cc1F. The Balaban J connectivity index is 2.64. The van der Waals surface area contributed by atoms with Gasteiger partial charge in [-0.2, -0.15) is 0 Å². The molecule has 0 bridgehead atoms. The van der Waals surface area contributed by atoms with Crippen LogP contribution in [0.2, 0.25) is 0 Å². The molecule has 1 rings (SSSR count). The molecule has 0 unspecified atom stereocenters. The van der Waals surface area contributed by atoms with E-state index in [1.54, 1.807) is 0 Å². The van der Waals surface area contributed by atoms with Crippen LogP contribution in [-0.2, 0) is 4.79 Å². The molecule has 7 heteroatoms. The van der Waals surface area contributed by atoms with Crippen molar-refractivity contribution in [2.75, 3.05) is 18.8 Å². The molecule has 0 aromatic heterocycles. The normalized spacial score (nSPS) is 10.1. The molecule has 0 aliphatic rings. The summed E-state index contributed by atoms with van der Waals surface area (Å²) in [5.74, 6) is -3.17. The lowest BCUT2D eigenvalue weighted by Crippen LogP contribution is -2.37. The summed E-state index contributed by atoms with van der Waals surface area (Å²) in [5, 5.41) is 4.77. The van der Waals surface area contributed by atoms with Gasteiger partial charge in [0.05, 0.1) is 17.8 Å². The summed E-state index contributed by atoms with van der Waals surface area (Å²) in [5.41, 5.74) is 4.52. The van der Waals surface area contributed by atoms with Gasteiger partial charge in [0.25, 0.3) is 5.91 Å². The first kappa shape index (κ1) is 14.9. The third-order valence-electron chi connectivity index (χ3n) is 2.31. The Bertz CT molecular complexity index is 492. The number of carbonyl (C=O) groups is 2. The zero-order valence-corrected chi connectivity index (χ0v) is 10.4. The lowest BCUT2D eigenvalue weighted by Gasteiger charge is -2.07. The molecular weight excluding hydrogens is 256 g/mol. The first-order valence-corrected chi connectivity index (χ1v) is 5.75. The first-order chi connectivity index (χ1) is 8.95. The van der Waals surface area contributed by atoms with E-state index in [2.05, 4.69) is 10.6 Å². The predicted molar refractivity (Wildman–Crippen MR) is 66.4 cm³/mol. The number of nitrogens with one attached hydrogen (secondary N) is 2. The minimum absolute atomic E-state index is 0.282. The molecule has 5 nitrogen and oxygen atoms in total. The molecule has 1 aromatic rings. The molecule has 2 amide bonds. The summed E-state index contributed by atoms with van der Waals surface area (Å²) < 4.78 is 26.3. The molecule has 0 atom stereocenters. The van der Waals surface area contributed by atoms with Crippen molar-refractivity contribution in [3.63, 3.8) is 0 Å². The summed E-state index contributed by atoms with van der Waals surface area (Å²) in [4.78, 5) is 22.8. The van der Waals surface area contributed by atoms with E-state index in [0.29, 0.717) is 12.6 Å². The monoisotopic (exact) mass is 271 g/mol. The van der Waals surface area contributed by atoms with Gasteiger partial charge in [-0.1, -0.05) is 6.92 Å².